The molecule has 0 aliphatic carbocycles. The van der Waals surface area contributed by atoms with Crippen molar-refractivity contribution in [3.8, 4) is 0 Å². The predicted octanol–water partition coefficient (Wildman–Crippen LogP) is 4.34. The average molecular weight is 281 g/mol. The van der Waals surface area contributed by atoms with Gasteiger partial charge in [-0.2, -0.15) is 0 Å². The van der Waals surface area contributed by atoms with Gasteiger partial charge in [-0.15, -0.1) is 11.3 Å². The number of aryl methyl sites for hydroxylation is 2. The van der Waals surface area contributed by atoms with Gasteiger partial charge in [-0.3, -0.25) is 0 Å². The Morgan fingerprint density at radius 3 is 2.47 bits per heavy atom. The highest BCUT2D eigenvalue weighted by atomic mass is 32.1. The normalized spacial score (nSPS) is 12.7. The highest BCUT2D eigenvalue weighted by molar-refractivity contribution is 7.10. The van der Waals surface area contributed by atoms with Crippen LogP contribution in [0.2, 0.25) is 0 Å². The second-order valence-electron chi connectivity index (χ2n) is 4.55. The maximum Gasteiger partial charge on any atom is 0.134 e. The fourth-order valence-electron chi connectivity index (χ4n) is 2.15. The topological polar surface area (TPSA) is 12.0 Å². The van der Waals surface area contributed by atoms with Crippen molar-refractivity contribution < 1.29 is 8.78 Å². The minimum atomic E-state index is -0.498. The number of hydrogen-bond donors (Lipinski definition) is 1. The van der Waals surface area contributed by atoms with Gasteiger partial charge in [0.15, 0.2) is 0 Å². The van der Waals surface area contributed by atoms with E-state index in [1.54, 1.807) is 6.92 Å². The summed E-state index contributed by atoms with van der Waals surface area (Å²) in [5, 5.41) is 5.13. The van der Waals surface area contributed by atoms with Crippen LogP contribution in [-0.2, 0) is 0 Å². The van der Waals surface area contributed by atoms with Gasteiger partial charge in [0.05, 0.1) is 6.04 Å². The van der Waals surface area contributed by atoms with Gasteiger partial charge in [0.2, 0.25) is 0 Å². The van der Waals surface area contributed by atoms with E-state index in [-0.39, 0.29) is 5.56 Å². The molecule has 19 heavy (non-hydrogen) atoms. The number of halogens is 2. The molecule has 2 rings (SSSR count). The van der Waals surface area contributed by atoms with Gasteiger partial charge in [-0.05, 0) is 49.0 Å². The van der Waals surface area contributed by atoms with Crippen molar-refractivity contribution in [2.75, 3.05) is 6.54 Å². The van der Waals surface area contributed by atoms with E-state index in [1.165, 1.54) is 23.5 Å². The summed E-state index contributed by atoms with van der Waals surface area (Å²) in [6, 6.07) is 4.35. The zero-order valence-electron chi connectivity index (χ0n) is 11.3. The number of thiophene rings is 1. The van der Waals surface area contributed by atoms with Crippen molar-refractivity contribution in [2.45, 2.75) is 26.8 Å². The summed E-state index contributed by atoms with van der Waals surface area (Å²) in [5.74, 6) is -0.958. The monoisotopic (exact) mass is 281 g/mol. The van der Waals surface area contributed by atoms with E-state index in [1.807, 2.05) is 25.3 Å². The van der Waals surface area contributed by atoms with E-state index in [0.717, 1.165) is 10.4 Å². The Hall–Kier alpha value is -1.26. The zero-order valence-corrected chi connectivity index (χ0v) is 12.1. The lowest BCUT2D eigenvalue weighted by Crippen LogP contribution is -2.24. The van der Waals surface area contributed by atoms with Gasteiger partial charge in [-0.1, -0.05) is 13.0 Å². The Morgan fingerprint density at radius 2 is 1.89 bits per heavy atom. The van der Waals surface area contributed by atoms with Crippen LogP contribution in [0.25, 0.3) is 0 Å². The fraction of sp³-hybridized carbons (Fsp3) is 0.333. The van der Waals surface area contributed by atoms with Crippen LogP contribution in [0.1, 0.15) is 34.5 Å². The van der Waals surface area contributed by atoms with Gasteiger partial charge < -0.3 is 5.32 Å². The molecule has 1 aromatic heterocycles. The molecule has 4 heteroatoms. The van der Waals surface area contributed by atoms with Crippen molar-refractivity contribution in [3.63, 3.8) is 0 Å². The van der Waals surface area contributed by atoms with E-state index >= 15 is 0 Å². The zero-order chi connectivity index (χ0) is 14.0. The first kappa shape index (κ1) is 14.2. The van der Waals surface area contributed by atoms with Crippen molar-refractivity contribution >= 4 is 11.3 Å². The molecule has 0 fully saturated rings. The van der Waals surface area contributed by atoms with Gasteiger partial charge in [0, 0.05) is 10.4 Å². The lowest BCUT2D eigenvalue weighted by molar-refractivity contribution is 0.509. The van der Waals surface area contributed by atoms with Crippen molar-refractivity contribution in [1.29, 1.82) is 0 Å². The van der Waals surface area contributed by atoms with Gasteiger partial charge >= 0.3 is 0 Å². The molecule has 0 radical (unpaired) electrons. The van der Waals surface area contributed by atoms with Crippen molar-refractivity contribution in [2.24, 2.45) is 0 Å². The fourth-order valence-corrected chi connectivity index (χ4v) is 3.16. The maximum atomic E-state index is 14.3. The van der Waals surface area contributed by atoms with E-state index in [0.29, 0.717) is 12.1 Å². The summed E-state index contributed by atoms with van der Waals surface area (Å²) < 4.78 is 28.3. The Bertz CT molecular complexity index is 578. The van der Waals surface area contributed by atoms with Gasteiger partial charge in [-0.25, -0.2) is 8.78 Å². The van der Waals surface area contributed by atoms with Crippen LogP contribution < -0.4 is 5.32 Å². The lowest BCUT2D eigenvalue weighted by atomic mass is 9.99. The van der Waals surface area contributed by atoms with Crippen LogP contribution in [-0.4, -0.2) is 6.54 Å². The van der Waals surface area contributed by atoms with Crippen LogP contribution in [0.15, 0.2) is 23.6 Å². The maximum absolute atomic E-state index is 14.3. The van der Waals surface area contributed by atoms with Crippen LogP contribution in [0.3, 0.4) is 0 Å². The Labute approximate surface area is 116 Å². The summed E-state index contributed by atoms with van der Waals surface area (Å²) in [6.07, 6.45) is 0. The third kappa shape index (κ3) is 2.69. The molecule has 0 saturated heterocycles. The molecule has 0 bridgehead atoms. The second-order valence-corrected chi connectivity index (χ2v) is 5.50. The average Bonchev–Trinajstić information content (AvgIpc) is 2.79. The molecule has 1 unspecified atom stereocenters. The third-order valence-corrected chi connectivity index (χ3v) is 4.26. The van der Waals surface area contributed by atoms with Crippen LogP contribution in [0, 0.1) is 25.5 Å². The van der Waals surface area contributed by atoms with E-state index in [4.69, 9.17) is 0 Å². The summed E-state index contributed by atoms with van der Waals surface area (Å²) in [5.41, 5.74) is 1.64. The molecule has 1 aromatic carbocycles. The summed E-state index contributed by atoms with van der Waals surface area (Å²) in [6.45, 7) is 6.20. The molecule has 0 aliphatic rings. The van der Waals surface area contributed by atoms with Crippen molar-refractivity contribution in [3.05, 3.63) is 56.8 Å². The number of rotatable bonds is 4. The number of benzene rings is 1. The number of hydrogen-bond acceptors (Lipinski definition) is 2. The summed E-state index contributed by atoms with van der Waals surface area (Å²) >= 11 is 1.52. The van der Waals surface area contributed by atoms with E-state index < -0.39 is 17.7 Å². The first-order chi connectivity index (χ1) is 9.06. The smallest absolute Gasteiger partial charge is 0.134 e. The quantitative estimate of drug-likeness (QED) is 0.879. The van der Waals surface area contributed by atoms with Crippen LogP contribution in [0.5, 0.6) is 0 Å². The largest absolute Gasteiger partial charge is 0.306 e. The third-order valence-electron chi connectivity index (χ3n) is 3.18. The molecule has 0 spiro atoms. The van der Waals surface area contributed by atoms with Gasteiger partial charge in [0.25, 0.3) is 0 Å². The van der Waals surface area contributed by atoms with E-state index in [2.05, 4.69) is 5.32 Å². The molecule has 0 aliphatic heterocycles. The molecule has 102 valence electrons. The van der Waals surface area contributed by atoms with Crippen LogP contribution in [0.4, 0.5) is 8.78 Å². The lowest BCUT2D eigenvalue weighted by Gasteiger charge is -2.20. The first-order valence-corrected chi connectivity index (χ1v) is 7.16. The molecular weight excluding hydrogens is 264 g/mol. The predicted molar refractivity (Wildman–Crippen MR) is 75.7 cm³/mol. The molecule has 0 saturated carbocycles. The molecule has 1 heterocycles. The summed E-state index contributed by atoms with van der Waals surface area (Å²) in [7, 11) is 0. The highest BCUT2D eigenvalue weighted by Gasteiger charge is 2.24. The molecule has 1 N–H and O–H groups in total. The molecule has 2 aromatic rings. The first-order valence-electron chi connectivity index (χ1n) is 6.28. The Balaban J connectivity index is 2.57. The highest BCUT2D eigenvalue weighted by Crippen LogP contribution is 2.33. The van der Waals surface area contributed by atoms with Crippen LogP contribution >= 0.6 is 11.3 Å². The summed E-state index contributed by atoms with van der Waals surface area (Å²) in [4.78, 5) is 0.963. The Morgan fingerprint density at radius 1 is 1.16 bits per heavy atom. The molecule has 1 atom stereocenters. The standard InChI is InChI=1S/C15H17F2NS/c1-4-18-14(15-10(3)7-8-19-15)12-11(16)6-5-9(2)13(12)17/h5-8,14,18H,4H2,1-3H3. The Kier molecular flexibility index (Phi) is 4.32. The minimum Gasteiger partial charge on any atom is -0.306 e. The minimum absolute atomic E-state index is 0.118. The number of nitrogens with one attached hydrogen (secondary N) is 1. The van der Waals surface area contributed by atoms with Gasteiger partial charge in [0.1, 0.15) is 11.6 Å². The second kappa shape index (κ2) is 5.80. The van der Waals surface area contributed by atoms with Crippen molar-refractivity contribution in [1.82, 2.24) is 5.32 Å². The molecule has 0 amide bonds. The van der Waals surface area contributed by atoms with E-state index in [9.17, 15) is 8.78 Å². The SMILES string of the molecule is CCNC(c1sccc1C)c1c(F)ccc(C)c1F. The molecular formula is C15H17F2NS. The molecule has 1 nitrogen and oxygen atoms in total.